The molecular formula is C46H63N7O5. The minimum absolute atomic E-state index is 0.0158. The number of hydrogen-bond acceptors (Lipinski definition) is 10. The smallest absolute Gasteiger partial charge is 0.350 e. The Morgan fingerprint density at radius 3 is 2.78 bits per heavy atom. The van der Waals surface area contributed by atoms with Crippen molar-refractivity contribution in [2.45, 2.75) is 102 Å². The number of nitrogens with one attached hydrogen (secondary N) is 5. The number of fused-ring (bicyclic) bond motifs is 1. The lowest BCUT2D eigenvalue weighted by Crippen LogP contribution is -2.51. The van der Waals surface area contributed by atoms with Gasteiger partial charge in [0.2, 0.25) is 5.78 Å². The first-order valence-electron chi connectivity index (χ1n) is 21.4. The van der Waals surface area contributed by atoms with E-state index >= 15 is 0 Å². The van der Waals surface area contributed by atoms with Gasteiger partial charge in [-0.1, -0.05) is 87.3 Å². The zero-order chi connectivity index (χ0) is 41.0. The summed E-state index contributed by atoms with van der Waals surface area (Å²) >= 11 is 0. The molecule has 1 spiro atoms. The summed E-state index contributed by atoms with van der Waals surface area (Å²) in [5.41, 5.74) is 7.19. The number of aliphatic imine (C=N–C) groups is 1. The van der Waals surface area contributed by atoms with Crippen LogP contribution < -0.4 is 32.3 Å². The topological polar surface area (TPSA) is 171 Å². The number of rotatable bonds is 11. The van der Waals surface area contributed by atoms with E-state index in [0.717, 1.165) is 67.6 Å². The Bertz CT molecular complexity index is 1950. The third-order valence-corrected chi connectivity index (χ3v) is 13.2. The Balaban J connectivity index is 1.21. The van der Waals surface area contributed by atoms with E-state index in [4.69, 9.17) is 15.2 Å². The number of hydrogen-bond donors (Lipinski definition) is 6. The molecule has 3 heterocycles. The van der Waals surface area contributed by atoms with Gasteiger partial charge in [0.05, 0.1) is 19.3 Å². The molecule has 0 aromatic heterocycles. The first kappa shape index (κ1) is 41.6. The van der Waals surface area contributed by atoms with Gasteiger partial charge in [-0.2, -0.15) is 0 Å². The van der Waals surface area contributed by atoms with Crippen LogP contribution in [0.25, 0.3) is 0 Å². The van der Waals surface area contributed by atoms with Crippen molar-refractivity contribution in [2.24, 2.45) is 34.4 Å². The lowest BCUT2D eigenvalue weighted by Gasteiger charge is -2.40. The quantitative estimate of drug-likeness (QED) is 0.0348. The van der Waals surface area contributed by atoms with E-state index < -0.39 is 23.0 Å². The third kappa shape index (κ3) is 8.07. The van der Waals surface area contributed by atoms with Gasteiger partial charge in [0.15, 0.2) is 17.3 Å². The minimum Gasteiger partial charge on any atom is -0.463 e. The Hall–Kier alpha value is -4.52. The maximum Gasteiger partial charge on any atom is 0.350 e. The predicted octanol–water partition coefficient (Wildman–Crippen LogP) is 4.75. The summed E-state index contributed by atoms with van der Waals surface area (Å²) in [6.07, 6.45) is 20.6. The number of likely N-dealkylation sites (N-methyl/N-ethyl adjacent to an activating group) is 1. The van der Waals surface area contributed by atoms with E-state index in [1.54, 1.807) is 13.1 Å². The number of carbonyl (C=O) groups is 3. The van der Waals surface area contributed by atoms with Crippen molar-refractivity contribution in [1.29, 1.82) is 0 Å². The molecule has 7 N–H and O–H groups in total. The Morgan fingerprint density at radius 2 is 1.98 bits per heavy atom. The van der Waals surface area contributed by atoms with Crippen LogP contribution >= 0.6 is 0 Å². The molecule has 12 heteroatoms. The number of Topliss-reactive ketones (excluding diaryl/α,β-unsaturated/α-hetero) is 2. The lowest BCUT2D eigenvalue weighted by molar-refractivity contribution is -0.150. The highest BCUT2D eigenvalue weighted by Gasteiger charge is 2.85. The van der Waals surface area contributed by atoms with Crippen LogP contribution in [0.3, 0.4) is 0 Å². The summed E-state index contributed by atoms with van der Waals surface area (Å²) < 4.78 is 12.7. The van der Waals surface area contributed by atoms with Crippen LogP contribution in [0, 0.1) is 23.7 Å². The first-order chi connectivity index (χ1) is 28.0. The number of allylic oxidation sites excluding steroid dienone is 3. The fourth-order valence-electron chi connectivity index (χ4n) is 10.1. The van der Waals surface area contributed by atoms with Crippen LogP contribution in [-0.2, 0) is 20.7 Å². The van der Waals surface area contributed by atoms with Crippen LogP contribution in [0.15, 0.2) is 82.2 Å². The van der Waals surface area contributed by atoms with Gasteiger partial charge in [0, 0.05) is 43.1 Å². The molecule has 7 rings (SSSR count). The summed E-state index contributed by atoms with van der Waals surface area (Å²) in [7, 11) is 3.51. The fourth-order valence-corrected chi connectivity index (χ4v) is 10.1. The van der Waals surface area contributed by atoms with Gasteiger partial charge < -0.3 is 41.8 Å². The van der Waals surface area contributed by atoms with Crippen molar-refractivity contribution in [3.05, 3.63) is 93.9 Å². The summed E-state index contributed by atoms with van der Waals surface area (Å²) in [6, 6.07) is 5.29. The SMILES string of the molecule is CCN[C@@H]1C=C2C=CC[C@@H]3CCCC[C@@H](C)Cc4cccc5c4C(=O)[C@]4(O[C@@]4(C/C=C(\C)C[C@@H](NC(N)=NC)C4=CCNC(NCNC)=C4)C5=O)C(=O)OC[C@@H]1C[C@@H]23. The van der Waals surface area contributed by atoms with Crippen molar-refractivity contribution >= 4 is 23.5 Å². The highest BCUT2D eigenvalue weighted by Crippen LogP contribution is 2.59. The Labute approximate surface area is 343 Å². The molecule has 58 heavy (non-hydrogen) atoms. The molecule has 4 bridgehead atoms. The molecule has 0 radical (unpaired) electrons. The predicted molar refractivity (Wildman–Crippen MR) is 227 cm³/mol. The molecule has 1 fully saturated rings. The minimum atomic E-state index is -2.05. The molecule has 12 nitrogen and oxygen atoms in total. The Morgan fingerprint density at radius 1 is 1.16 bits per heavy atom. The molecule has 3 aliphatic carbocycles. The van der Waals surface area contributed by atoms with Gasteiger partial charge in [0.25, 0.3) is 5.60 Å². The standard InChI is InChI=1S/C46H63N7O5/c1-6-50-37-24-31-14-9-13-30-12-8-7-11-28(2)21-33-15-10-16-35-40(33)42(55)46(43(56)57-26-34(37)23-36(30)31)45(58-46,41(35)54)19-17-29(3)22-38(53-44(47)49-5)32-18-20-51-39(25-32)52-27-48-4/h9-10,14-18,24-25,28,30,34,36-38,48,50-52H,6-8,11-13,19-23,26-27H2,1-5H3,(H3,47,49,53)/b29-17+/t28-,30+,34+,36-,37-,38-,45+,46+/m1/s1. The number of nitrogens with zero attached hydrogens (tertiary/aromatic N) is 1. The van der Waals surface area contributed by atoms with Gasteiger partial charge in [-0.05, 0) is 93.2 Å². The molecule has 3 aliphatic heterocycles. The van der Waals surface area contributed by atoms with Crippen LogP contribution in [0.4, 0.5) is 0 Å². The number of guanidine groups is 1. The van der Waals surface area contributed by atoms with Gasteiger partial charge >= 0.3 is 5.97 Å². The number of cyclic esters (lactones) is 1. The highest BCUT2D eigenvalue weighted by molar-refractivity contribution is 6.33. The number of dihydropyridines is 1. The fraction of sp³-hybridized carbons (Fsp3) is 0.565. The van der Waals surface area contributed by atoms with Crippen molar-refractivity contribution in [3.8, 4) is 0 Å². The maximum atomic E-state index is 15.0. The van der Waals surface area contributed by atoms with E-state index in [0.29, 0.717) is 60.9 Å². The average molecular weight is 794 g/mol. The van der Waals surface area contributed by atoms with Gasteiger partial charge in [-0.25, -0.2) is 4.79 Å². The Kier molecular flexibility index (Phi) is 12.8. The number of ether oxygens (including phenoxy) is 2. The van der Waals surface area contributed by atoms with E-state index in [1.807, 2.05) is 38.3 Å². The summed E-state index contributed by atoms with van der Waals surface area (Å²) in [4.78, 5) is 48.6. The van der Waals surface area contributed by atoms with Crippen molar-refractivity contribution in [3.63, 3.8) is 0 Å². The number of benzene rings is 1. The maximum absolute atomic E-state index is 15.0. The number of nitrogens with two attached hydrogens (primary N) is 1. The van der Waals surface area contributed by atoms with Crippen LogP contribution in [0.2, 0.25) is 0 Å². The van der Waals surface area contributed by atoms with Gasteiger partial charge in [-0.15, -0.1) is 0 Å². The number of esters is 1. The van der Waals surface area contributed by atoms with E-state index in [2.05, 4.69) is 69.7 Å². The summed E-state index contributed by atoms with van der Waals surface area (Å²) in [6.45, 7) is 8.41. The molecule has 0 unspecified atom stereocenters. The molecule has 0 saturated carbocycles. The second kappa shape index (κ2) is 17.8. The molecule has 1 saturated heterocycles. The van der Waals surface area contributed by atoms with E-state index in [9.17, 15) is 14.4 Å². The zero-order valence-corrected chi connectivity index (χ0v) is 34.9. The van der Waals surface area contributed by atoms with Crippen molar-refractivity contribution in [2.75, 3.05) is 40.5 Å². The average Bonchev–Trinajstić information content (AvgIpc) is 3.94. The molecule has 312 valence electrons. The third-order valence-electron chi connectivity index (χ3n) is 13.2. The lowest BCUT2D eigenvalue weighted by atomic mass is 9.68. The number of carbonyl (C=O) groups excluding carboxylic acids is 3. The number of epoxide rings is 1. The highest BCUT2D eigenvalue weighted by atomic mass is 16.7. The molecule has 6 aliphatic rings. The number of ketones is 2. The van der Waals surface area contributed by atoms with Crippen LogP contribution in [-0.4, -0.2) is 87.2 Å². The summed E-state index contributed by atoms with van der Waals surface area (Å²) in [5, 5.41) is 16.7. The second-order valence-electron chi connectivity index (χ2n) is 17.2. The molecule has 1 aromatic rings. The molecule has 8 atom stereocenters. The largest absolute Gasteiger partial charge is 0.463 e. The van der Waals surface area contributed by atoms with Gasteiger partial charge in [0.1, 0.15) is 5.82 Å². The van der Waals surface area contributed by atoms with Crippen molar-refractivity contribution in [1.82, 2.24) is 26.6 Å². The normalized spacial score (nSPS) is 31.7. The summed E-state index contributed by atoms with van der Waals surface area (Å²) in [5.74, 6) is 0.861. The molecule has 0 amide bonds. The van der Waals surface area contributed by atoms with E-state index in [-0.39, 0.29) is 36.8 Å². The first-order valence-corrected chi connectivity index (χ1v) is 21.4. The zero-order valence-electron chi connectivity index (χ0n) is 34.9. The van der Waals surface area contributed by atoms with Crippen LogP contribution in [0.1, 0.15) is 98.4 Å². The molecular weight excluding hydrogens is 731 g/mol. The second-order valence-corrected chi connectivity index (χ2v) is 17.2. The molecule has 1 aromatic carbocycles. The van der Waals surface area contributed by atoms with E-state index in [1.165, 1.54) is 5.57 Å². The monoisotopic (exact) mass is 793 g/mol. The van der Waals surface area contributed by atoms with Crippen LogP contribution in [0.5, 0.6) is 0 Å². The van der Waals surface area contributed by atoms with Gasteiger partial charge in [-0.3, -0.25) is 14.6 Å². The van der Waals surface area contributed by atoms with Crippen molar-refractivity contribution < 1.29 is 23.9 Å².